The lowest BCUT2D eigenvalue weighted by Gasteiger charge is -2.27. The lowest BCUT2D eigenvalue weighted by atomic mass is 10.0. The Morgan fingerprint density at radius 3 is 2.86 bits per heavy atom. The minimum Gasteiger partial charge on any atom is -0.496 e. The molecule has 2 aliphatic rings. The smallest absolute Gasteiger partial charge is 0.256 e. The molecule has 144 valence electrons. The minimum absolute atomic E-state index is 0.0665. The maximum atomic E-state index is 12.7. The third-order valence-electron chi connectivity index (χ3n) is 4.73. The molecule has 1 N–H and O–H groups in total. The largest absolute Gasteiger partial charge is 0.496 e. The molecule has 28 heavy (non-hydrogen) atoms. The zero-order valence-electron chi connectivity index (χ0n) is 15.3. The number of amidine groups is 1. The normalized spacial score (nSPS) is 17.5. The fourth-order valence-corrected chi connectivity index (χ4v) is 4.26. The second-order valence-corrected chi connectivity index (χ2v) is 8.25. The number of rotatable bonds is 4. The third-order valence-corrected chi connectivity index (χ3v) is 5.89. The maximum Gasteiger partial charge on any atom is 0.256 e. The summed E-state index contributed by atoms with van der Waals surface area (Å²) in [5.74, 6) is 0.725. The quantitative estimate of drug-likeness (QED) is 0.852. The first-order chi connectivity index (χ1) is 13.5. The molecule has 2 heterocycles. The highest BCUT2D eigenvalue weighted by molar-refractivity contribution is 7.90. The molecule has 2 aromatic rings. The summed E-state index contributed by atoms with van der Waals surface area (Å²) in [4.78, 5) is 14.3. The Morgan fingerprint density at radius 1 is 1.21 bits per heavy atom. The lowest BCUT2D eigenvalue weighted by molar-refractivity contribution is -0.117. The molecule has 0 atom stereocenters. The van der Waals surface area contributed by atoms with Crippen molar-refractivity contribution in [3.63, 3.8) is 0 Å². The standard InChI is InChI=1S/C20H19N3O4S/c1-27-18-8-6-14-4-2-3-5-16(14)17(18)12-21-20(24)15-7-9-19-22-28(25,26)11-10-23(19)13-15/h2-9,13H,10-12H2,1H3,(H,21,24). The predicted molar refractivity (Wildman–Crippen MR) is 107 cm³/mol. The van der Waals surface area contributed by atoms with Crippen LogP contribution in [0.2, 0.25) is 0 Å². The van der Waals surface area contributed by atoms with Crippen molar-refractivity contribution in [2.75, 3.05) is 19.4 Å². The van der Waals surface area contributed by atoms with Crippen molar-refractivity contribution < 1.29 is 17.9 Å². The van der Waals surface area contributed by atoms with Crippen molar-refractivity contribution in [1.29, 1.82) is 0 Å². The Balaban J connectivity index is 1.54. The van der Waals surface area contributed by atoms with Crippen molar-refractivity contribution in [2.24, 2.45) is 4.40 Å². The number of fused-ring (bicyclic) bond motifs is 2. The average molecular weight is 397 g/mol. The highest BCUT2D eigenvalue weighted by Crippen LogP contribution is 2.28. The molecule has 8 heteroatoms. The summed E-state index contributed by atoms with van der Waals surface area (Å²) in [7, 11) is -1.81. The van der Waals surface area contributed by atoms with Crippen molar-refractivity contribution in [3.05, 3.63) is 65.9 Å². The molecule has 0 fully saturated rings. The van der Waals surface area contributed by atoms with E-state index in [0.29, 0.717) is 23.7 Å². The van der Waals surface area contributed by atoms with Crippen LogP contribution in [0.4, 0.5) is 0 Å². The Labute approximate surface area is 163 Å². The topological polar surface area (TPSA) is 88.1 Å². The van der Waals surface area contributed by atoms with Gasteiger partial charge in [0.1, 0.15) is 11.6 Å². The van der Waals surface area contributed by atoms with Crippen molar-refractivity contribution in [1.82, 2.24) is 10.2 Å². The molecule has 0 saturated heterocycles. The first-order valence-corrected chi connectivity index (χ1v) is 10.4. The van der Waals surface area contributed by atoms with Gasteiger partial charge in [0.2, 0.25) is 0 Å². The van der Waals surface area contributed by atoms with Crippen molar-refractivity contribution in [2.45, 2.75) is 6.54 Å². The van der Waals surface area contributed by atoms with E-state index in [2.05, 4.69) is 9.71 Å². The van der Waals surface area contributed by atoms with Crippen LogP contribution in [0.25, 0.3) is 10.8 Å². The molecule has 0 saturated carbocycles. The Bertz CT molecular complexity index is 1150. The van der Waals surface area contributed by atoms with Gasteiger partial charge < -0.3 is 15.0 Å². The highest BCUT2D eigenvalue weighted by atomic mass is 32.2. The van der Waals surface area contributed by atoms with Crippen LogP contribution in [0, 0.1) is 0 Å². The van der Waals surface area contributed by atoms with Crippen LogP contribution in [0.3, 0.4) is 0 Å². The lowest BCUT2D eigenvalue weighted by Crippen LogP contribution is -2.38. The molecule has 2 aliphatic heterocycles. The van der Waals surface area contributed by atoms with Gasteiger partial charge in [-0.05, 0) is 29.0 Å². The zero-order chi connectivity index (χ0) is 19.7. The van der Waals surface area contributed by atoms with Crippen LogP contribution in [-0.4, -0.2) is 44.5 Å². The molecule has 0 bridgehead atoms. The number of methoxy groups -OCH3 is 1. The van der Waals surface area contributed by atoms with E-state index in [1.165, 1.54) is 0 Å². The highest BCUT2D eigenvalue weighted by Gasteiger charge is 2.25. The third kappa shape index (κ3) is 3.50. The van der Waals surface area contributed by atoms with Gasteiger partial charge >= 0.3 is 0 Å². The summed E-state index contributed by atoms with van der Waals surface area (Å²) < 4.78 is 32.4. The van der Waals surface area contributed by atoms with Crippen LogP contribution < -0.4 is 10.1 Å². The van der Waals surface area contributed by atoms with E-state index in [0.717, 1.165) is 16.3 Å². The Hall–Kier alpha value is -3.13. The SMILES string of the molecule is COc1ccc2ccccc2c1CNC(=O)C1=CN2CCS(=O)(=O)N=C2C=C1. The second kappa shape index (κ2) is 7.12. The number of ether oxygens (including phenoxy) is 1. The number of carbonyl (C=O) groups is 1. The van der Waals surface area contributed by atoms with Gasteiger partial charge in [0.15, 0.2) is 0 Å². The number of sulfonamides is 1. The summed E-state index contributed by atoms with van der Waals surface area (Å²) in [6.45, 7) is 0.587. The van der Waals surface area contributed by atoms with E-state index in [9.17, 15) is 13.2 Å². The fraction of sp³-hybridized carbons (Fsp3) is 0.200. The number of hydrogen-bond acceptors (Lipinski definition) is 5. The van der Waals surface area contributed by atoms with Crippen LogP contribution in [0.5, 0.6) is 5.75 Å². The van der Waals surface area contributed by atoms with Gasteiger partial charge in [-0.1, -0.05) is 30.3 Å². The molecule has 0 unspecified atom stereocenters. The van der Waals surface area contributed by atoms with Gasteiger partial charge in [0.25, 0.3) is 15.9 Å². The summed E-state index contributed by atoms with van der Waals surface area (Å²) in [5.41, 5.74) is 1.35. The van der Waals surface area contributed by atoms with Crippen molar-refractivity contribution in [3.8, 4) is 5.75 Å². The van der Waals surface area contributed by atoms with Crippen LogP contribution >= 0.6 is 0 Å². The molecule has 2 aromatic carbocycles. The van der Waals surface area contributed by atoms with Crippen LogP contribution in [-0.2, 0) is 21.4 Å². The first-order valence-electron chi connectivity index (χ1n) is 8.79. The molecule has 0 radical (unpaired) electrons. The number of hydrogen-bond donors (Lipinski definition) is 1. The van der Waals surface area contributed by atoms with E-state index in [-0.39, 0.29) is 18.2 Å². The van der Waals surface area contributed by atoms with E-state index in [1.807, 2.05) is 36.4 Å². The van der Waals surface area contributed by atoms with Crippen molar-refractivity contribution >= 4 is 32.5 Å². The molecule has 7 nitrogen and oxygen atoms in total. The summed E-state index contributed by atoms with van der Waals surface area (Å²) in [5, 5.41) is 5.01. The Morgan fingerprint density at radius 2 is 2.04 bits per heavy atom. The number of amides is 1. The van der Waals surface area contributed by atoms with E-state index in [4.69, 9.17) is 4.74 Å². The molecular formula is C20H19N3O4S. The molecule has 0 aromatic heterocycles. The van der Waals surface area contributed by atoms with Crippen LogP contribution in [0.15, 0.2) is 64.7 Å². The second-order valence-electron chi connectivity index (χ2n) is 6.50. The van der Waals surface area contributed by atoms with Gasteiger partial charge in [0, 0.05) is 24.9 Å². The predicted octanol–water partition coefficient (Wildman–Crippen LogP) is 1.96. The van der Waals surface area contributed by atoms with Gasteiger partial charge in [-0.15, -0.1) is 4.40 Å². The van der Waals surface area contributed by atoms with E-state index >= 15 is 0 Å². The summed E-state index contributed by atoms with van der Waals surface area (Å²) in [6.07, 6.45) is 4.75. The average Bonchev–Trinajstić information content (AvgIpc) is 2.70. The monoisotopic (exact) mass is 397 g/mol. The number of nitrogens with zero attached hydrogens (tertiary/aromatic N) is 2. The molecule has 4 rings (SSSR count). The molecule has 0 aliphatic carbocycles. The number of carbonyl (C=O) groups excluding carboxylic acids is 1. The summed E-state index contributed by atoms with van der Waals surface area (Å²) >= 11 is 0. The molecular weight excluding hydrogens is 378 g/mol. The first kappa shape index (κ1) is 18.2. The summed E-state index contributed by atoms with van der Waals surface area (Å²) in [6, 6.07) is 11.8. The molecule has 1 amide bonds. The molecule has 0 spiro atoms. The zero-order valence-corrected chi connectivity index (χ0v) is 16.1. The van der Waals surface area contributed by atoms with E-state index < -0.39 is 10.0 Å². The van der Waals surface area contributed by atoms with Gasteiger partial charge in [-0.25, -0.2) is 8.42 Å². The maximum absolute atomic E-state index is 12.7. The van der Waals surface area contributed by atoms with E-state index in [1.54, 1.807) is 30.4 Å². The Kier molecular flexibility index (Phi) is 4.64. The van der Waals surface area contributed by atoms with Gasteiger partial charge in [-0.3, -0.25) is 4.79 Å². The fourth-order valence-electron chi connectivity index (χ4n) is 3.30. The van der Waals surface area contributed by atoms with Gasteiger partial charge in [-0.2, -0.15) is 0 Å². The van der Waals surface area contributed by atoms with Gasteiger partial charge in [0.05, 0.1) is 18.4 Å². The van der Waals surface area contributed by atoms with Crippen LogP contribution in [0.1, 0.15) is 5.56 Å². The number of benzene rings is 2. The number of nitrogens with one attached hydrogen (secondary N) is 1. The minimum atomic E-state index is -3.41.